The van der Waals surface area contributed by atoms with Crippen LogP contribution in [0, 0.1) is 0 Å². The summed E-state index contributed by atoms with van der Waals surface area (Å²) in [6, 6.07) is 5.76. The van der Waals surface area contributed by atoms with Gasteiger partial charge in [-0.2, -0.15) is 0 Å². The zero-order chi connectivity index (χ0) is 19.3. The van der Waals surface area contributed by atoms with E-state index in [1.165, 1.54) is 7.11 Å². The molecule has 3 aromatic heterocycles. The van der Waals surface area contributed by atoms with E-state index in [0.717, 1.165) is 18.7 Å². The number of anilines is 1. The third kappa shape index (κ3) is 2.82. The number of rotatable bonds is 5. The van der Waals surface area contributed by atoms with Crippen molar-refractivity contribution < 1.29 is 14.3 Å². The molecule has 0 spiro atoms. The van der Waals surface area contributed by atoms with Crippen LogP contribution in [-0.2, 0) is 11.2 Å². The van der Waals surface area contributed by atoms with Crippen LogP contribution >= 0.6 is 0 Å². The highest BCUT2D eigenvalue weighted by molar-refractivity contribution is 6.05. The fourth-order valence-electron chi connectivity index (χ4n) is 3.44. The number of amides is 1. The lowest BCUT2D eigenvalue weighted by atomic mass is 10.2. The Morgan fingerprint density at radius 2 is 2.21 bits per heavy atom. The van der Waals surface area contributed by atoms with Crippen LogP contribution in [0.3, 0.4) is 0 Å². The Bertz CT molecular complexity index is 1050. The van der Waals surface area contributed by atoms with Crippen LogP contribution in [0.25, 0.3) is 11.5 Å². The maximum atomic E-state index is 12.7. The Morgan fingerprint density at radius 1 is 1.36 bits per heavy atom. The zero-order valence-corrected chi connectivity index (χ0v) is 15.5. The van der Waals surface area contributed by atoms with Gasteiger partial charge in [0.2, 0.25) is 5.88 Å². The summed E-state index contributed by atoms with van der Waals surface area (Å²) in [6.45, 7) is 2.72. The highest BCUT2D eigenvalue weighted by Gasteiger charge is 2.29. The average Bonchev–Trinajstić information content (AvgIpc) is 3.15. The van der Waals surface area contributed by atoms with E-state index in [4.69, 9.17) is 9.47 Å². The number of hydrogen-bond acceptors (Lipinski definition) is 7. The van der Waals surface area contributed by atoms with Gasteiger partial charge in [-0.3, -0.25) is 4.79 Å². The van der Waals surface area contributed by atoms with Crippen molar-refractivity contribution in [3.63, 3.8) is 0 Å². The van der Waals surface area contributed by atoms with Gasteiger partial charge in [-0.05, 0) is 25.5 Å². The number of aryl methyl sites for hydroxylation is 1. The van der Waals surface area contributed by atoms with Crippen molar-refractivity contribution in [2.75, 3.05) is 19.0 Å². The van der Waals surface area contributed by atoms with Crippen LogP contribution in [0.1, 0.15) is 41.8 Å². The molecular formula is C18H19N7O3. The van der Waals surface area contributed by atoms with Gasteiger partial charge in [0.05, 0.1) is 13.7 Å². The molecule has 2 aliphatic heterocycles. The Balaban J connectivity index is 1.41. The summed E-state index contributed by atoms with van der Waals surface area (Å²) < 4.78 is 14.1. The van der Waals surface area contributed by atoms with E-state index < -0.39 is 0 Å². The van der Waals surface area contributed by atoms with E-state index in [9.17, 15) is 4.79 Å². The first kappa shape index (κ1) is 16.9. The fraction of sp³-hybridized carbons (Fsp3) is 0.389. The molecule has 10 heteroatoms. The van der Waals surface area contributed by atoms with E-state index in [1.54, 1.807) is 16.9 Å². The Kier molecular flexibility index (Phi) is 3.86. The van der Waals surface area contributed by atoms with E-state index in [-0.39, 0.29) is 18.0 Å². The molecule has 1 unspecified atom stereocenters. The highest BCUT2D eigenvalue weighted by atomic mass is 16.6. The third-order valence-electron chi connectivity index (χ3n) is 4.96. The van der Waals surface area contributed by atoms with Crippen LogP contribution in [0.15, 0.2) is 24.4 Å². The molecule has 0 bridgehead atoms. The molecule has 2 atom stereocenters. The summed E-state index contributed by atoms with van der Waals surface area (Å²) in [5.41, 5.74) is 0.988. The van der Waals surface area contributed by atoms with Crippen LogP contribution in [0.4, 0.5) is 5.82 Å². The fourth-order valence-corrected chi connectivity index (χ4v) is 3.44. The lowest BCUT2D eigenvalue weighted by molar-refractivity contribution is 0.102. The predicted molar refractivity (Wildman–Crippen MR) is 98.0 cm³/mol. The summed E-state index contributed by atoms with van der Waals surface area (Å²) in [7, 11) is 1.48. The Hall–Kier alpha value is -3.27. The Morgan fingerprint density at radius 3 is 3.00 bits per heavy atom. The third-order valence-corrected chi connectivity index (χ3v) is 4.96. The van der Waals surface area contributed by atoms with Crippen molar-refractivity contribution in [1.29, 1.82) is 0 Å². The average molecular weight is 381 g/mol. The molecule has 28 heavy (non-hydrogen) atoms. The van der Waals surface area contributed by atoms with E-state index in [2.05, 4.69) is 37.1 Å². The van der Waals surface area contributed by atoms with Gasteiger partial charge in [-0.15, -0.1) is 15.3 Å². The zero-order valence-electron chi connectivity index (χ0n) is 15.5. The van der Waals surface area contributed by atoms with Crippen molar-refractivity contribution in [1.82, 2.24) is 29.5 Å². The number of epoxide rings is 1. The molecule has 1 N–H and O–H groups in total. The summed E-state index contributed by atoms with van der Waals surface area (Å²) in [4.78, 5) is 17.3. The number of hydrogen-bond donors (Lipinski definition) is 1. The molecule has 5 heterocycles. The topological polar surface area (TPSA) is 112 Å². The summed E-state index contributed by atoms with van der Waals surface area (Å²) in [6.07, 6.45) is 3.44. The molecule has 144 valence electrons. The standard InChI is InChI=1S/C18H19N7O3/c1-10-6-7-14-21-22-16(25(10)14)12-4-3-5-13(19-12)20-17(26)11-8-24(15-9-28-15)23-18(11)27-2/h3-5,8,10,15H,6-7,9H2,1-2H3,(H,19,20,26)/t10?,15-/m0/s1. The molecule has 1 amide bonds. The number of ether oxygens (including phenoxy) is 2. The molecule has 2 aliphatic rings. The quantitative estimate of drug-likeness (QED) is 0.671. The smallest absolute Gasteiger partial charge is 0.263 e. The van der Waals surface area contributed by atoms with Gasteiger partial charge in [0, 0.05) is 18.7 Å². The van der Waals surface area contributed by atoms with Crippen molar-refractivity contribution in [2.45, 2.75) is 32.0 Å². The van der Waals surface area contributed by atoms with Gasteiger partial charge in [0.25, 0.3) is 5.91 Å². The van der Waals surface area contributed by atoms with Gasteiger partial charge in [-0.25, -0.2) is 9.67 Å². The SMILES string of the molecule is COc1nn([C@@H]2CO2)cc1C(=O)Nc1cccc(-c2nnc3n2C(C)CC3)n1. The van der Waals surface area contributed by atoms with Gasteiger partial charge >= 0.3 is 0 Å². The van der Waals surface area contributed by atoms with Gasteiger partial charge in [0.15, 0.2) is 12.1 Å². The molecule has 0 saturated carbocycles. The van der Waals surface area contributed by atoms with Crippen LogP contribution < -0.4 is 10.1 Å². The maximum absolute atomic E-state index is 12.7. The number of aromatic nitrogens is 6. The molecule has 1 fully saturated rings. The number of nitrogens with one attached hydrogen (secondary N) is 1. The summed E-state index contributed by atoms with van der Waals surface area (Å²) in [5, 5.41) is 15.6. The molecule has 1 saturated heterocycles. The first-order chi connectivity index (χ1) is 13.6. The minimum absolute atomic E-state index is 0.131. The molecule has 10 nitrogen and oxygen atoms in total. The second kappa shape index (κ2) is 6.41. The maximum Gasteiger partial charge on any atom is 0.263 e. The number of pyridine rings is 1. The summed E-state index contributed by atoms with van der Waals surface area (Å²) in [5.74, 6) is 2.00. The van der Waals surface area contributed by atoms with Crippen molar-refractivity contribution in [3.8, 4) is 17.4 Å². The number of carbonyl (C=O) groups excluding carboxylic acids is 1. The van der Waals surface area contributed by atoms with Crippen molar-refractivity contribution in [2.24, 2.45) is 0 Å². The Labute approximate surface area is 160 Å². The number of fused-ring (bicyclic) bond motifs is 1. The first-order valence-electron chi connectivity index (χ1n) is 9.11. The van der Waals surface area contributed by atoms with E-state index >= 15 is 0 Å². The largest absolute Gasteiger partial charge is 0.479 e. The first-order valence-corrected chi connectivity index (χ1v) is 9.11. The molecule has 0 aromatic carbocycles. The van der Waals surface area contributed by atoms with Crippen molar-refractivity contribution >= 4 is 11.7 Å². The lowest BCUT2D eigenvalue weighted by Gasteiger charge is -2.10. The van der Waals surface area contributed by atoms with Crippen LogP contribution in [0.2, 0.25) is 0 Å². The van der Waals surface area contributed by atoms with Gasteiger partial charge in [-0.1, -0.05) is 6.07 Å². The number of nitrogens with zero attached hydrogens (tertiary/aromatic N) is 6. The molecule has 5 rings (SSSR count). The normalized spacial score (nSPS) is 20.1. The van der Waals surface area contributed by atoms with Crippen molar-refractivity contribution in [3.05, 3.63) is 35.8 Å². The molecule has 3 aromatic rings. The van der Waals surface area contributed by atoms with E-state index in [1.807, 2.05) is 12.1 Å². The molecule has 0 radical (unpaired) electrons. The van der Waals surface area contributed by atoms with Crippen LogP contribution in [-0.4, -0.2) is 49.2 Å². The van der Waals surface area contributed by atoms with E-state index in [0.29, 0.717) is 35.5 Å². The van der Waals surface area contributed by atoms with Gasteiger partial charge < -0.3 is 19.4 Å². The van der Waals surface area contributed by atoms with Crippen LogP contribution in [0.5, 0.6) is 5.88 Å². The lowest BCUT2D eigenvalue weighted by Crippen LogP contribution is -2.14. The molecule has 0 aliphatic carbocycles. The molecular weight excluding hydrogens is 362 g/mol. The monoisotopic (exact) mass is 381 g/mol. The number of methoxy groups -OCH3 is 1. The summed E-state index contributed by atoms with van der Waals surface area (Å²) >= 11 is 0. The number of carbonyl (C=O) groups is 1. The highest BCUT2D eigenvalue weighted by Crippen LogP contribution is 2.30. The predicted octanol–water partition coefficient (Wildman–Crippen LogP) is 1.83. The minimum atomic E-state index is -0.353. The second-order valence-corrected chi connectivity index (χ2v) is 6.88. The minimum Gasteiger partial charge on any atom is -0.479 e. The van der Waals surface area contributed by atoms with Gasteiger partial charge in [0.1, 0.15) is 22.9 Å². The second-order valence-electron chi connectivity index (χ2n) is 6.88.